The van der Waals surface area contributed by atoms with Crippen LogP contribution in [-0.2, 0) is 13.0 Å². The molecule has 140 valence electrons. The summed E-state index contributed by atoms with van der Waals surface area (Å²) in [4.78, 5) is 16.7. The van der Waals surface area contributed by atoms with Gasteiger partial charge in [-0.1, -0.05) is 41.6 Å². The average molecular weight is 366 g/mol. The van der Waals surface area contributed by atoms with Gasteiger partial charge in [0.1, 0.15) is 12.4 Å². The maximum atomic E-state index is 12.4. The Morgan fingerprint density at radius 3 is 2.81 bits per heavy atom. The Balaban J connectivity index is 1.58. The van der Waals surface area contributed by atoms with Crippen molar-refractivity contribution in [3.63, 3.8) is 0 Å². The fourth-order valence-electron chi connectivity index (χ4n) is 2.54. The molecular formula is C20H22N4O3. The summed E-state index contributed by atoms with van der Waals surface area (Å²) in [7, 11) is 0. The van der Waals surface area contributed by atoms with Crippen molar-refractivity contribution in [2.75, 3.05) is 13.2 Å². The SMILES string of the molecule is Cc1ccc(C(=O)NCc2nc(Cc3ccccc3)no2)cc1OCCN. The van der Waals surface area contributed by atoms with Crippen LogP contribution in [0.1, 0.15) is 33.2 Å². The van der Waals surface area contributed by atoms with Crippen molar-refractivity contribution in [3.8, 4) is 5.75 Å². The van der Waals surface area contributed by atoms with E-state index in [2.05, 4.69) is 15.5 Å². The van der Waals surface area contributed by atoms with Crippen LogP contribution in [0.5, 0.6) is 5.75 Å². The standard InChI is InChI=1S/C20H22N4O3/c1-14-7-8-16(12-17(14)26-10-9-21)20(25)22-13-19-23-18(24-27-19)11-15-5-3-2-4-6-15/h2-8,12H,9-11,13,21H2,1H3,(H,22,25). The highest BCUT2D eigenvalue weighted by Crippen LogP contribution is 2.19. The fourth-order valence-corrected chi connectivity index (χ4v) is 2.54. The van der Waals surface area contributed by atoms with Gasteiger partial charge >= 0.3 is 0 Å². The van der Waals surface area contributed by atoms with E-state index >= 15 is 0 Å². The first kappa shape index (κ1) is 18.6. The molecule has 0 bridgehead atoms. The number of carbonyl (C=O) groups excluding carboxylic acids is 1. The van der Waals surface area contributed by atoms with Crippen LogP contribution >= 0.6 is 0 Å². The second-order valence-corrected chi connectivity index (χ2v) is 6.07. The molecule has 0 radical (unpaired) electrons. The molecule has 0 unspecified atom stereocenters. The van der Waals surface area contributed by atoms with E-state index in [0.717, 1.165) is 11.1 Å². The number of hydrogen-bond donors (Lipinski definition) is 2. The Morgan fingerprint density at radius 1 is 1.22 bits per heavy atom. The maximum Gasteiger partial charge on any atom is 0.251 e. The molecule has 2 aromatic carbocycles. The number of benzene rings is 2. The van der Waals surface area contributed by atoms with Crippen LogP contribution in [0, 0.1) is 6.92 Å². The zero-order valence-corrected chi connectivity index (χ0v) is 15.1. The second kappa shape index (κ2) is 8.95. The predicted octanol–water partition coefficient (Wildman–Crippen LogP) is 2.24. The molecule has 0 saturated carbocycles. The largest absolute Gasteiger partial charge is 0.492 e. The van der Waals surface area contributed by atoms with Gasteiger partial charge in [0, 0.05) is 18.5 Å². The number of nitrogens with two attached hydrogens (primary N) is 1. The third-order valence-corrected chi connectivity index (χ3v) is 3.94. The molecule has 0 saturated heterocycles. The van der Waals surface area contributed by atoms with Crippen LogP contribution in [-0.4, -0.2) is 29.2 Å². The number of nitrogens with one attached hydrogen (secondary N) is 1. The zero-order chi connectivity index (χ0) is 19.1. The summed E-state index contributed by atoms with van der Waals surface area (Å²) < 4.78 is 10.8. The first-order chi connectivity index (χ1) is 13.2. The van der Waals surface area contributed by atoms with E-state index in [-0.39, 0.29) is 12.5 Å². The molecule has 0 aliphatic rings. The first-order valence-corrected chi connectivity index (χ1v) is 8.73. The normalized spacial score (nSPS) is 10.6. The summed E-state index contributed by atoms with van der Waals surface area (Å²) >= 11 is 0. The Morgan fingerprint density at radius 2 is 2.04 bits per heavy atom. The molecule has 7 heteroatoms. The second-order valence-electron chi connectivity index (χ2n) is 6.07. The van der Waals surface area contributed by atoms with E-state index in [1.54, 1.807) is 12.1 Å². The van der Waals surface area contributed by atoms with Gasteiger partial charge in [-0.15, -0.1) is 0 Å². The minimum absolute atomic E-state index is 0.160. The van der Waals surface area contributed by atoms with Gasteiger partial charge in [0.25, 0.3) is 5.91 Å². The lowest BCUT2D eigenvalue weighted by Gasteiger charge is -2.10. The van der Waals surface area contributed by atoms with Crippen molar-refractivity contribution in [1.29, 1.82) is 0 Å². The van der Waals surface area contributed by atoms with E-state index in [4.69, 9.17) is 15.0 Å². The Hall–Kier alpha value is -3.19. The molecule has 0 spiro atoms. The zero-order valence-electron chi connectivity index (χ0n) is 15.1. The lowest BCUT2D eigenvalue weighted by molar-refractivity contribution is 0.0946. The van der Waals surface area contributed by atoms with Crippen molar-refractivity contribution >= 4 is 5.91 Å². The number of hydrogen-bond acceptors (Lipinski definition) is 6. The maximum absolute atomic E-state index is 12.4. The Kier molecular flexibility index (Phi) is 6.17. The molecule has 3 rings (SSSR count). The first-order valence-electron chi connectivity index (χ1n) is 8.73. The number of nitrogens with zero attached hydrogens (tertiary/aromatic N) is 2. The number of aryl methyl sites for hydroxylation is 1. The van der Waals surface area contributed by atoms with Gasteiger partial charge in [-0.05, 0) is 30.2 Å². The minimum Gasteiger partial charge on any atom is -0.492 e. The highest BCUT2D eigenvalue weighted by molar-refractivity contribution is 5.94. The van der Waals surface area contributed by atoms with Crippen molar-refractivity contribution in [2.24, 2.45) is 5.73 Å². The van der Waals surface area contributed by atoms with Crippen molar-refractivity contribution < 1.29 is 14.1 Å². The van der Waals surface area contributed by atoms with Gasteiger partial charge in [0.05, 0.1) is 6.54 Å². The summed E-state index contributed by atoms with van der Waals surface area (Å²) in [6, 6.07) is 15.2. The Labute approximate surface area is 157 Å². The summed E-state index contributed by atoms with van der Waals surface area (Å²) in [6.07, 6.45) is 0.581. The van der Waals surface area contributed by atoms with Gasteiger partial charge in [0.2, 0.25) is 5.89 Å². The molecule has 3 N–H and O–H groups in total. The summed E-state index contributed by atoms with van der Waals surface area (Å²) in [5, 5.41) is 6.73. The lowest BCUT2D eigenvalue weighted by Crippen LogP contribution is -2.23. The number of aromatic nitrogens is 2. The monoisotopic (exact) mass is 366 g/mol. The highest BCUT2D eigenvalue weighted by atomic mass is 16.5. The van der Waals surface area contributed by atoms with Gasteiger partial charge in [-0.2, -0.15) is 4.98 Å². The molecule has 1 heterocycles. The van der Waals surface area contributed by atoms with Crippen LogP contribution in [0.15, 0.2) is 53.1 Å². The van der Waals surface area contributed by atoms with Gasteiger partial charge in [0.15, 0.2) is 5.82 Å². The molecule has 0 aliphatic heterocycles. The average Bonchev–Trinajstić information content (AvgIpc) is 3.13. The number of amides is 1. The van der Waals surface area contributed by atoms with Crippen LogP contribution in [0.25, 0.3) is 0 Å². The predicted molar refractivity (Wildman–Crippen MR) is 100 cm³/mol. The van der Waals surface area contributed by atoms with Crippen molar-refractivity contribution in [2.45, 2.75) is 19.9 Å². The third kappa shape index (κ3) is 5.15. The van der Waals surface area contributed by atoms with E-state index in [9.17, 15) is 4.79 Å². The number of carbonyl (C=O) groups is 1. The molecular weight excluding hydrogens is 344 g/mol. The number of rotatable bonds is 8. The molecule has 7 nitrogen and oxygen atoms in total. The van der Waals surface area contributed by atoms with Gasteiger partial charge < -0.3 is 20.3 Å². The van der Waals surface area contributed by atoms with Crippen LogP contribution < -0.4 is 15.8 Å². The quantitative estimate of drug-likeness (QED) is 0.634. The topological polar surface area (TPSA) is 103 Å². The van der Waals surface area contributed by atoms with Crippen molar-refractivity contribution in [1.82, 2.24) is 15.5 Å². The molecule has 27 heavy (non-hydrogen) atoms. The molecule has 1 amide bonds. The third-order valence-electron chi connectivity index (χ3n) is 3.94. The molecule has 0 aliphatic carbocycles. The van der Waals surface area contributed by atoms with Crippen LogP contribution in [0.4, 0.5) is 0 Å². The Bertz CT molecular complexity index is 893. The number of ether oxygens (including phenoxy) is 1. The fraction of sp³-hybridized carbons (Fsp3) is 0.250. The minimum atomic E-state index is -0.240. The van der Waals surface area contributed by atoms with E-state index in [1.165, 1.54) is 0 Å². The molecule has 0 atom stereocenters. The van der Waals surface area contributed by atoms with Gasteiger partial charge in [-0.25, -0.2) is 0 Å². The van der Waals surface area contributed by atoms with E-state index < -0.39 is 0 Å². The summed E-state index contributed by atoms with van der Waals surface area (Å²) in [6.45, 7) is 2.89. The molecule has 1 aromatic heterocycles. The van der Waals surface area contributed by atoms with Crippen LogP contribution in [0.3, 0.4) is 0 Å². The van der Waals surface area contributed by atoms with E-state index in [1.807, 2.05) is 43.3 Å². The van der Waals surface area contributed by atoms with Gasteiger partial charge in [-0.3, -0.25) is 4.79 Å². The highest BCUT2D eigenvalue weighted by Gasteiger charge is 2.12. The molecule has 0 fully saturated rings. The lowest BCUT2D eigenvalue weighted by atomic mass is 10.1. The van der Waals surface area contributed by atoms with Crippen LogP contribution in [0.2, 0.25) is 0 Å². The van der Waals surface area contributed by atoms with E-state index in [0.29, 0.717) is 42.6 Å². The van der Waals surface area contributed by atoms with Crippen molar-refractivity contribution in [3.05, 3.63) is 76.9 Å². The summed E-state index contributed by atoms with van der Waals surface area (Å²) in [5.74, 6) is 1.35. The molecule has 3 aromatic rings. The summed E-state index contributed by atoms with van der Waals surface area (Å²) in [5.41, 5.74) is 8.00. The smallest absolute Gasteiger partial charge is 0.251 e.